The van der Waals surface area contributed by atoms with E-state index in [4.69, 9.17) is 4.42 Å². The lowest BCUT2D eigenvalue weighted by Crippen LogP contribution is -2.21. The molecule has 0 bridgehead atoms. The number of benzene rings is 1. The van der Waals surface area contributed by atoms with E-state index < -0.39 is 15.6 Å². The Hall–Kier alpha value is -1.89. The molecule has 6 nitrogen and oxygen atoms in total. The highest BCUT2D eigenvalue weighted by Gasteiger charge is 2.11. The smallest absolute Gasteiger partial charge is 0.388 e. The monoisotopic (exact) mass is 268 g/mol. The van der Waals surface area contributed by atoms with Gasteiger partial charge in [0, 0.05) is 11.8 Å². The topological polar surface area (TPSA) is 82.2 Å². The van der Waals surface area contributed by atoms with Gasteiger partial charge >= 0.3 is 5.76 Å². The minimum Gasteiger partial charge on any atom is -0.388 e. The Labute approximate surface area is 104 Å². The maximum atomic E-state index is 11.5. The van der Waals surface area contributed by atoms with Gasteiger partial charge in [0.25, 0.3) is 0 Å². The molecule has 7 heteroatoms. The standard InChI is InChI=1S/C11H12N2O4S/c1-18(15,16)8-7-13-11(14)17-10(12-13)9-5-3-2-4-6-9/h2-6H,7-8H2,1H3. The van der Waals surface area contributed by atoms with Gasteiger partial charge in [-0.1, -0.05) is 18.2 Å². The van der Waals surface area contributed by atoms with Crippen LogP contribution in [-0.4, -0.2) is 30.2 Å². The Bertz CT molecular complexity index is 685. The molecule has 0 spiro atoms. The van der Waals surface area contributed by atoms with Crippen LogP contribution >= 0.6 is 0 Å². The quantitative estimate of drug-likeness (QED) is 0.808. The maximum absolute atomic E-state index is 11.5. The van der Waals surface area contributed by atoms with Crippen molar-refractivity contribution in [1.29, 1.82) is 0 Å². The zero-order valence-corrected chi connectivity index (χ0v) is 10.6. The Morgan fingerprint density at radius 3 is 2.56 bits per heavy atom. The van der Waals surface area contributed by atoms with Gasteiger partial charge in [-0.15, -0.1) is 5.10 Å². The second-order valence-electron chi connectivity index (χ2n) is 3.89. The summed E-state index contributed by atoms with van der Waals surface area (Å²) in [7, 11) is -3.14. The van der Waals surface area contributed by atoms with E-state index in [0.717, 1.165) is 10.9 Å². The maximum Gasteiger partial charge on any atom is 0.437 e. The third-order valence-corrected chi connectivity index (χ3v) is 3.23. The molecular weight excluding hydrogens is 256 g/mol. The van der Waals surface area contributed by atoms with E-state index in [9.17, 15) is 13.2 Å². The van der Waals surface area contributed by atoms with E-state index in [1.165, 1.54) is 0 Å². The van der Waals surface area contributed by atoms with E-state index in [1.54, 1.807) is 24.3 Å². The van der Waals surface area contributed by atoms with E-state index >= 15 is 0 Å². The van der Waals surface area contributed by atoms with Crippen LogP contribution in [0.15, 0.2) is 39.5 Å². The van der Waals surface area contributed by atoms with Crippen LogP contribution < -0.4 is 5.76 Å². The van der Waals surface area contributed by atoms with Crippen LogP contribution in [0, 0.1) is 0 Å². The lowest BCUT2D eigenvalue weighted by atomic mass is 10.2. The third kappa shape index (κ3) is 3.07. The number of hydrogen-bond acceptors (Lipinski definition) is 5. The minimum atomic E-state index is -3.14. The highest BCUT2D eigenvalue weighted by atomic mass is 32.2. The van der Waals surface area contributed by atoms with Crippen molar-refractivity contribution < 1.29 is 12.8 Å². The second kappa shape index (κ2) is 4.77. The summed E-state index contributed by atoms with van der Waals surface area (Å²) in [5.74, 6) is -0.611. The number of nitrogens with zero attached hydrogens (tertiary/aromatic N) is 2. The molecule has 0 aliphatic heterocycles. The molecule has 0 atom stereocenters. The Balaban J connectivity index is 2.26. The number of hydrogen-bond donors (Lipinski definition) is 0. The summed E-state index contributed by atoms with van der Waals surface area (Å²) in [4.78, 5) is 11.5. The van der Waals surface area contributed by atoms with Crippen molar-refractivity contribution in [3.63, 3.8) is 0 Å². The molecule has 2 rings (SSSR count). The summed E-state index contributed by atoms with van der Waals surface area (Å²) >= 11 is 0. The first-order valence-corrected chi connectivity index (χ1v) is 7.33. The Morgan fingerprint density at radius 1 is 1.28 bits per heavy atom. The third-order valence-electron chi connectivity index (χ3n) is 2.30. The average molecular weight is 268 g/mol. The average Bonchev–Trinajstić information content (AvgIpc) is 2.68. The van der Waals surface area contributed by atoms with Crippen LogP contribution in [0.1, 0.15) is 0 Å². The molecule has 0 aliphatic carbocycles. The van der Waals surface area contributed by atoms with E-state index in [2.05, 4.69) is 5.10 Å². The molecule has 96 valence electrons. The van der Waals surface area contributed by atoms with Gasteiger partial charge in [0.15, 0.2) is 0 Å². The van der Waals surface area contributed by atoms with Gasteiger partial charge in [0.2, 0.25) is 5.89 Å². The second-order valence-corrected chi connectivity index (χ2v) is 6.15. The van der Waals surface area contributed by atoms with Gasteiger partial charge in [0.1, 0.15) is 9.84 Å². The van der Waals surface area contributed by atoms with Gasteiger partial charge < -0.3 is 4.42 Å². The molecule has 0 aliphatic rings. The summed E-state index contributed by atoms with van der Waals surface area (Å²) in [5, 5.41) is 3.96. The zero-order valence-electron chi connectivity index (χ0n) is 9.74. The zero-order chi connectivity index (χ0) is 13.2. The van der Waals surface area contributed by atoms with Crippen LogP contribution in [0.25, 0.3) is 11.5 Å². The number of rotatable bonds is 4. The van der Waals surface area contributed by atoms with Crippen molar-refractivity contribution in [2.75, 3.05) is 12.0 Å². The van der Waals surface area contributed by atoms with Crippen LogP contribution in [0.5, 0.6) is 0 Å². The molecule has 0 N–H and O–H groups in total. The lowest BCUT2D eigenvalue weighted by Gasteiger charge is -1.96. The fourth-order valence-corrected chi connectivity index (χ4v) is 1.90. The Kier molecular flexibility index (Phi) is 3.33. The molecule has 0 unspecified atom stereocenters. The highest BCUT2D eigenvalue weighted by molar-refractivity contribution is 7.90. The summed E-state index contributed by atoms with van der Waals surface area (Å²) in [6, 6.07) is 8.94. The van der Waals surface area contributed by atoms with Gasteiger partial charge in [-0.3, -0.25) is 0 Å². The predicted molar refractivity (Wildman–Crippen MR) is 65.9 cm³/mol. The Morgan fingerprint density at radius 2 is 1.94 bits per heavy atom. The molecule has 0 amide bonds. The molecule has 18 heavy (non-hydrogen) atoms. The normalized spacial score (nSPS) is 11.6. The van der Waals surface area contributed by atoms with Gasteiger partial charge in [-0.25, -0.2) is 13.2 Å². The van der Waals surface area contributed by atoms with Crippen LogP contribution in [0.4, 0.5) is 0 Å². The first-order chi connectivity index (χ1) is 8.46. The molecule has 1 aromatic carbocycles. The van der Waals surface area contributed by atoms with Crippen LogP contribution in [0.3, 0.4) is 0 Å². The van der Waals surface area contributed by atoms with Crippen molar-refractivity contribution in [2.45, 2.75) is 6.54 Å². The SMILES string of the molecule is CS(=O)(=O)CCn1nc(-c2ccccc2)oc1=O. The molecule has 1 aromatic heterocycles. The van der Waals surface area contributed by atoms with Crippen molar-refractivity contribution in [2.24, 2.45) is 0 Å². The lowest BCUT2D eigenvalue weighted by molar-refractivity contribution is 0.489. The molecular formula is C11H12N2O4S. The van der Waals surface area contributed by atoms with Crippen molar-refractivity contribution in [3.8, 4) is 11.5 Å². The molecule has 0 saturated heterocycles. The van der Waals surface area contributed by atoms with Gasteiger partial charge in [-0.2, -0.15) is 4.68 Å². The van der Waals surface area contributed by atoms with E-state index in [-0.39, 0.29) is 18.2 Å². The summed E-state index contributed by atoms with van der Waals surface area (Å²) in [6.45, 7) is -0.00595. The largest absolute Gasteiger partial charge is 0.437 e. The number of sulfone groups is 1. The fraction of sp³-hybridized carbons (Fsp3) is 0.273. The first kappa shape index (κ1) is 12.6. The van der Waals surface area contributed by atoms with E-state index in [1.807, 2.05) is 6.07 Å². The van der Waals surface area contributed by atoms with Crippen molar-refractivity contribution in [3.05, 3.63) is 40.9 Å². The van der Waals surface area contributed by atoms with Gasteiger partial charge in [-0.05, 0) is 12.1 Å². The fourth-order valence-electron chi connectivity index (χ4n) is 1.40. The number of aryl methyl sites for hydroxylation is 1. The molecule has 0 fully saturated rings. The molecule has 1 heterocycles. The van der Waals surface area contributed by atoms with Crippen molar-refractivity contribution in [1.82, 2.24) is 9.78 Å². The van der Waals surface area contributed by atoms with Gasteiger partial charge in [0.05, 0.1) is 12.3 Å². The summed E-state index contributed by atoms with van der Waals surface area (Å²) < 4.78 is 28.0. The molecule has 0 radical (unpaired) electrons. The van der Waals surface area contributed by atoms with Crippen molar-refractivity contribution >= 4 is 9.84 Å². The summed E-state index contributed by atoms with van der Waals surface area (Å²) in [6.07, 6.45) is 1.11. The predicted octanol–water partition coefficient (Wildman–Crippen LogP) is 0.548. The molecule has 0 saturated carbocycles. The minimum absolute atomic E-state index is 0.00595. The molecule has 2 aromatic rings. The van der Waals surface area contributed by atoms with E-state index in [0.29, 0.717) is 5.56 Å². The number of aromatic nitrogens is 2. The summed E-state index contributed by atoms with van der Waals surface area (Å²) in [5.41, 5.74) is 0.674. The highest BCUT2D eigenvalue weighted by Crippen LogP contribution is 2.13. The van der Waals surface area contributed by atoms with Crippen LogP contribution in [0.2, 0.25) is 0 Å². The first-order valence-electron chi connectivity index (χ1n) is 5.27. The van der Waals surface area contributed by atoms with Crippen LogP contribution in [-0.2, 0) is 16.4 Å².